The van der Waals surface area contributed by atoms with E-state index in [1.807, 2.05) is 24.3 Å². The minimum absolute atomic E-state index is 0.0794. The summed E-state index contributed by atoms with van der Waals surface area (Å²) in [6.45, 7) is 3.05. The van der Waals surface area contributed by atoms with Crippen molar-refractivity contribution in [3.63, 3.8) is 0 Å². The Morgan fingerprint density at radius 2 is 2.14 bits per heavy atom. The van der Waals surface area contributed by atoms with E-state index < -0.39 is 0 Å². The minimum Gasteiger partial charge on any atom is -0.334 e. The van der Waals surface area contributed by atoms with Gasteiger partial charge in [0.15, 0.2) is 5.82 Å². The second-order valence-electron chi connectivity index (χ2n) is 5.75. The number of allylic oxidation sites excluding steroid dienone is 2. The standard InChI is InChI=1S/C17H20ClN3O/c1-12(19-11-13-5-3-2-4-6-13)16-20-17(22-21-16)14-7-9-15(18)10-8-14/h2-3,7-10,12-13,19H,4-6,11H2,1H3/t12-,13-/m1/s1. The van der Waals surface area contributed by atoms with Crippen molar-refractivity contribution < 1.29 is 4.52 Å². The van der Waals surface area contributed by atoms with Crippen molar-refractivity contribution in [1.29, 1.82) is 0 Å². The fraction of sp³-hybridized carbons (Fsp3) is 0.412. The summed E-state index contributed by atoms with van der Waals surface area (Å²) in [5, 5.41) is 8.28. The molecule has 0 saturated heterocycles. The van der Waals surface area contributed by atoms with E-state index in [1.54, 1.807) is 0 Å². The Bertz CT molecular complexity index is 636. The number of nitrogens with zero attached hydrogens (tertiary/aromatic N) is 2. The van der Waals surface area contributed by atoms with Crippen LogP contribution in [0.15, 0.2) is 40.9 Å². The molecule has 0 amide bonds. The maximum absolute atomic E-state index is 5.89. The van der Waals surface area contributed by atoms with Crippen LogP contribution in [0.25, 0.3) is 11.5 Å². The van der Waals surface area contributed by atoms with Gasteiger partial charge in [-0.2, -0.15) is 4.98 Å². The molecule has 0 bridgehead atoms. The first-order valence-corrected chi connectivity index (χ1v) is 8.08. The van der Waals surface area contributed by atoms with Crippen LogP contribution in [0.5, 0.6) is 0 Å². The van der Waals surface area contributed by atoms with Crippen LogP contribution in [0.1, 0.15) is 38.1 Å². The smallest absolute Gasteiger partial charge is 0.257 e. The normalized spacial score (nSPS) is 19.3. The van der Waals surface area contributed by atoms with Gasteiger partial charge in [-0.25, -0.2) is 0 Å². The summed E-state index contributed by atoms with van der Waals surface area (Å²) in [7, 11) is 0. The zero-order chi connectivity index (χ0) is 15.4. The van der Waals surface area contributed by atoms with Gasteiger partial charge >= 0.3 is 0 Å². The van der Waals surface area contributed by atoms with E-state index in [9.17, 15) is 0 Å². The molecule has 3 rings (SSSR count). The number of halogens is 1. The van der Waals surface area contributed by atoms with E-state index in [-0.39, 0.29) is 6.04 Å². The largest absolute Gasteiger partial charge is 0.334 e. The van der Waals surface area contributed by atoms with Crippen LogP contribution in [0.4, 0.5) is 0 Å². The van der Waals surface area contributed by atoms with Gasteiger partial charge in [-0.15, -0.1) is 0 Å². The van der Waals surface area contributed by atoms with E-state index in [2.05, 4.69) is 34.5 Å². The molecule has 0 radical (unpaired) electrons. The number of hydrogen-bond donors (Lipinski definition) is 1. The van der Waals surface area contributed by atoms with Gasteiger partial charge in [-0.1, -0.05) is 28.9 Å². The molecular weight excluding hydrogens is 298 g/mol. The summed E-state index contributed by atoms with van der Waals surface area (Å²) >= 11 is 5.89. The van der Waals surface area contributed by atoms with Crippen LogP contribution in [-0.2, 0) is 0 Å². The Kier molecular flexibility index (Phi) is 4.90. The highest BCUT2D eigenvalue weighted by atomic mass is 35.5. The number of hydrogen-bond acceptors (Lipinski definition) is 4. The topological polar surface area (TPSA) is 51.0 Å². The minimum atomic E-state index is 0.0794. The molecule has 22 heavy (non-hydrogen) atoms. The summed E-state index contributed by atoms with van der Waals surface area (Å²) in [4.78, 5) is 4.48. The molecule has 1 aliphatic carbocycles. The molecular formula is C17H20ClN3O. The van der Waals surface area contributed by atoms with Crippen molar-refractivity contribution in [2.45, 2.75) is 32.2 Å². The molecule has 0 aliphatic heterocycles. The van der Waals surface area contributed by atoms with Crippen LogP contribution in [0.3, 0.4) is 0 Å². The Morgan fingerprint density at radius 1 is 1.32 bits per heavy atom. The molecule has 1 aromatic heterocycles. The predicted molar refractivity (Wildman–Crippen MR) is 87.6 cm³/mol. The van der Waals surface area contributed by atoms with Gasteiger partial charge in [-0.3, -0.25) is 0 Å². The molecule has 0 spiro atoms. The molecule has 5 heteroatoms. The van der Waals surface area contributed by atoms with Gasteiger partial charge in [0.05, 0.1) is 6.04 Å². The van der Waals surface area contributed by atoms with Gasteiger partial charge < -0.3 is 9.84 Å². The summed E-state index contributed by atoms with van der Waals surface area (Å²) in [5.74, 6) is 1.92. The fourth-order valence-corrected chi connectivity index (χ4v) is 2.72. The number of nitrogens with one attached hydrogen (secondary N) is 1. The highest BCUT2D eigenvalue weighted by Crippen LogP contribution is 2.22. The first-order valence-electron chi connectivity index (χ1n) is 7.70. The van der Waals surface area contributed by atoms with E-state index in [0.29, 0.717) is 22.7 Å². The lowest BCUT2D eigenvalue weighted by Crippen LogP contribution is -2.26. The van der Waals surface area contributed by atoms with Gasteiger partial charge in [0.25, 0.3) is 5.89 Å². The molecule has 116 valence electrons. The lowest BCUT2D eigenvalue weighted by atomic mass is 9.94. The molecule has 1 N–H and O–H groups in total. The van der Waals surface area contributed by atoms with Crippen LogP contribution in [0, 0.1) is 5.92 Å². The van der Waals surface area contributed by atoms with Crippen molar-refractivity contribution in [3.05, 3.63) is 47.3 Å². The van der Waals surface area contributed by atoms with Gasteiger partial charge in [0.2, 0.25) is 0 Å². The Labute approximate surface area is 135 Å². The number of rotatable bonds is 5. The molecule has 1 aromatic carbocycles. The zero-order valence-corrected chi connectivity index (χ0v) is 13.4. The first kappa shape index (κ1) is 15.3. The van der Waals surface area contributed by atoms with Crippen molar-refractivity contribution >= 4 is 11.6 Å². The quantitative estimate of drug-likeness (QED) is 0.831. The second-order valence-corrected chi connectivity index (χ2v) is 6.18. The Morgan fingerprint density at radius 3 is 2.86 bits per heavy atom. The molecule has 0 fully saturated rings. The summed E-state index contributed by atoms with van der Waals surface area (Å²) in [6, 6.07) is 7.48. The molecule has 2 atom stereocenters. The van der Waals surface area contributed by atoms with Crippen molar-refractivity contribution in [3.8, 4) is 11.5 Å². The number of aromatic nitrogens is 2. The highest BCUT2D eigenvalue weighted by molar-refractivity contribution is 6.30. The monoisotopic (exact) mass is 317 g/mol. The third-order valence-corrected chi connectivity index (χ3v) is 4.26. The third-order valence-electron chi connectivity index (χ3n) is 4.01. The summed E-state index contributed by atoms with van der Waals surface area (Å²) < 4.78 is 5.35. The van der Waals surface area contributed by atoms with E-state index in [4.69, 9.17) is 16.1 Å². The average molecular weight is 318 g/mol. The highest BCUT2D eigenvalue weighted by Gasteiger charge is 2.17. The maximum Gasteiger partial charge on any atom is 0.257 e. The lowest BCUT2D eigenvalue weighted by Gasteiger charge is -2.20. The van der Waals surface area contributed by atoms with Crippen LogP contribution in [-0.4, -0.2) is 16.7 Å². The molecule has 1 aliphatic rings. The third kappa shape index (κ3) is 3.76. The van der Waals surface area contributed by atoms with E-state index in [1.165, 1.54) is 12.8 Å². The van der Waals surface area contributed by atoms with Gasteiger partial charge in [-0.05, 0) is 62.9 Å². The Balaban J connectivity index is 1.60. The first-order chi connectivity index (χ1) is 10.7. The maximum atomic E-state index is 5.89. The molecule has 1 heterocycles. The molecule has 0 unspecified atom stereocenters. The fourth-order valence-electron chi connectivity index (χ4n) is 2.60. The Hall–Kier alpha value is -1.65. The van der Waals surface area contributed by atoms with E-state index in [0.717, 1.165) is 18.5 Å². The van der Waals surface area contributed by atoms with Crippen molar-refractivity contribution in [2.75, 3.05) is 6.54 Å². The predicted octanol–water partition coefficient (Wildman–Crippen LogP) is 4.40. The molecule has 4 nitrogen and oxygen atoms in total. The van der Waals surface area contributed by atoms with Crippen molar-refractivity contribution in [1.82, 2.24) is 15.5 Å². The van der Waals surface area contributed by atoms with Gasteiger partial charge in [0, 0.05) is 10.6 Å². The van der Waals surface area contributed by atoms with Crippen LogP contribution < -0.4 is 5.32 Å². The lowest BCUT2D eigenvalue weighted by molar-refractivity contribution is 0.386. The zero-order valence-electron chi connectivity index (χ0n) is 12.6. The average Bonchev–Trinajstić information content (AvgIpc) is 3.04. The van der Waals surface area contributed by atoms with E-state index >= 15 is 0 Å². The number of benzene rings is 1. The van der Waals surface area contributed by atoms with Crippen LogP contribution >= 0.6 is 11.6 Å². The van der Waals surface area contributed by atoms with Crippen LogP contribution in [0.2, 0.25) is 5.02 Å². The molecule has 2 aromatic rings. The summed E-state index contributed by atoms with van der Waals surface area (Å²) in [6.07, 6.45) is 8.12. The molecule has 0 saturated carbocycles. The SMILES string of the molecule is C[C@@H](NC[C@@H]1CC=CCC1)c1noc(-c2ccc(Cl)cc2)n1. The van der Waals surface area contributed by atoms with Gasteiger partial charge in [0.1, 0.15) is 0 Å². The van der Waals surface area contributed by atoms with Crippen molar-refractivity contribution in [2.24, 2.45) is 5.92 Å². The summed E-state index contributed by atoms with van der Waals surface area (Å²) in [5.41, 5.74) is 0.882. The second kappa shape index (κ2) is 7.07.